The van der Waals surface area contributed by atoms with Gasteiger partial charge in [-0.05, 0) is 12.3 Å². The summed E-state index contributed by atoms with van der Waals surface area (Å²) in [5, 5.41) is 11.5. The normalized spacial score (nSPS) is 10.8. The summed E-state index contributed by atoms with van der Waals surface area (Å²) in [4.78, 5) is 0. The first-order valence-corrected chi connectivity index (χ1v) is 4.19. The molecule has 0 aliphatic carbocycles. The Labute approximate surface area is 102 Å². The molecule has 66 valence electrons. The van der Waals surface area contributed by atoms with Gasteiger partial charge in [0.15, 0.2) is 0 Å². The van der Waals surface area contributed by atoms with Gasteiger partial charge in [0, 0.05) is 0 Å². The second-order valence-electron chi connectivity index (χ2n) is 4.25. The molecule has 0 unspecified atom stereocenters. The topological polar surface area (TPSA) is 23.1 Å². The van der Waals surface area contributed by atoms with Crippen LogP contribution < -0.4 is 34.7 Å². The van der Waals surface area contributed by atoms with Crippen molar-refractivity contribution in [2.45, 2.75) is 33.1 Å². The van der Waals surface area contributed by atoms with Crippen molar-refractivity contribution in [1.29, 1.82) is 0 Å². The molecular weight excluding hydrogens is 171 g/mol. The first-order valence-electron chi connectivity index (χ1n) is 4.19. The van der Waals surface area contributed by atoms with E-state index in [1.165, 1.54) is 0 Å². The van der Waals surface area contributed by atoms with Gasteiger partial charge in [-0.15, -0.1) is 5.75 Å². The predicted octanol–water partition coefficient (Wildman–Crippen LogP) is -0.630. The van der Waals surface area contributed by atoms with Gasteiger partial charge < -0.3 is 5.11 Å². The summed E-state index contributed by atoms with van der Waals surface area (Å²) in [6.07, 6.45) is 0. The summed E-state index contributed by atoms with van der Waals surface area (Å²) >= 11 is 0. The average molecular weight is 186 g/mol. The minimum Gasteiger partial charge on any atom is -0.872 e. The molecule has 1 rings (SSSR count). The van der Waals surface area contributed by atoms with Crippen molar-refractivity contribution in [3.05, 3.63) is 29.3 Å². The third-order valence-electron chi connectivity index (χ3n) is 1.95. The van der Waals surface area contributed by atoms with Gasteiger partial charge in [-0.25, -0.2) is 0 Å². The maximum atomic E-state index is 11.5. The summed E-state index contributed by atoms with van der Waals surface area (Å²) in [5.74, 6) is 0.155. The molecule has 0 aliphatic heterocycles. The molecule has 1 aromatic carbocycles. The first kappa shape index (κ1) is 13.0. The Bertz CT molecular complexity index is 287. The van der Waals surface area contributed by atoms with Crippen molar-refractivity contribution in [1.82, 2.24) is 0 Å². The molecule has 2 heteroatoms. The molecule has 0 heterocycles. The Morgan fingerprint density at radius 2 is 1.69 bits per heavy atom. The monoisotopic (exact) mass is 186 g/mol. The molecule has 0 fully saturated rings. The number of hydrogen-bond acceptors (Lipinski definition) is 1. The van der Waals surface area contributed by atoms with Crippen molar-refractivity contribution in [2.75, 3.05) is 0 Å². The van der Waals surface area contributed by atoms with Crippen LogP contribution in [-0.4, -0.2) is 0 Å². The smallest absolute Gasteiger partial charge is 0.872 e. The quantitative estimate of drug-likeness (QED) is 0.495. The van der Waals surface area contributed by atoms with E-state index in [0.29, 0.717) is 0 Å². The Morgan fingerprint density at radius 1 is 1.15 bits per heavy atom. The summed E-state index contributed by atoms with van der Waals surface area (Å²) < 4.78 is 0. The molecule has 0 bridgehead atoms. The van der Waals surface area contributed by atoms with Crippen LogP contribution in [0.4, 0.5) is 0 Å². The number of rotatable bonds is 0. The van der Waals surface area contributed by atoms with E-state index in [1.807, 2.05) is 19.1 Å². The first-order chi connectivity index (χ1) is 5.41. The molecule has 0 saturated heterocycles. The van der Waals surface area contributed by atoms with Crippen molar-refractivity contribution in [2.24, 2.45) is 0 Å². The van der Waals surface area contributed by atoms with Crippen LogP contribution in [-0.2, 0) is 5.41 Å². The minimum absolute atomic E-state index is 0. The predicted molar refractivity (Wildman–Crippen MR) is 49.3 cm³/mol. The molecular formula is C11H15NaO. The molecule has 0 spiro atoms. The van der Waals surface area contributed by atoms with Crippen molar-refractivity contribution in [3.63, 3.8) is 0 Å². The van der Waals surface area contributed by atoms with E-state index in [9.17, 15) is 5.11 Å². The van der Waals surface area contributed by atoms with Crippen LogP contribution in [0.15, 0.2) is 18.2 Å². The third-order valence-corrected chi connectivity index (χ3v) is 1.95. The molecule has 13 heavy (non-hydrogen) atoms. The van der Waals surface area contributed by atoms with Gasteiger partial charge in [0.1, 0.15) is 0 Å². The molecule has 0 atom stereocenters. The van der Waals surface area contributed by atoms with E-state index in [1.54, 1.807) is 6.07 Å². The summed E-state index contributed by atoms with van der Waals surface area (Å²) in [6.45, 7) is 8.10. The van der Waals surface area contributed by atoms with Crippen LogP contribution in [0.2, 0.25) is 0 Å². The SMILES string of the molecule is Cc1ccc(C(C)(C)C)c([O-])c1.[Na+]. The van der Waals surface area contributed by atoms with Crippen LogP contribution >= 0.6 is 0 Å². The van der Waals surface area contributed by atoms with Gasteiger partial charge in [0.05, 0.1) is 0 Å². The Kier molecular flexibility index (Phi) is 4.50. The molecule has 0 aromatic heterocycles. The van der Waals surface area contributed by atoms with Gasteiger partial charge in [-0.3, -0.25) is 0 Å². The molecule has 1 aromatic rings. The Morgan fingerprint density at radius 3 is 2.08 bits per heavy atom. The van der Waals surface area contributed by atoms with Gasteiger partial charge >= 0.3 is 29.6 Å². The molecule has 0 N–H and O–H groups in total. The van der Waals surface area contributed by atoms with E-state index in [0.717, 1.165) is 11.1 Å². The van der Waals surface area contributed by atoms with E-state index in [4.69, 9.17) is 0 Å². The van der Waals surface area contributed by atoms with Crippen LogP contribution in [0, 0.1) is 6.92 Å². The Hall–Kier alpha value is 0.0200. The number of benzene rings is 1. The zero-order valence-electron chi connectivity index (χ0n) is 9.14. The van der Waals surface area contributed by atoms with Crippen LogP contribution in [0.25, 0.3) is 0 Å². The molecule has 0 saturated carbocycles. The van der Waals surface area contributed by atoms with E-state index >= 15 is 0 Å². The molecule has 0 radical (unpaired) electrons. The van der Waals surface area contributed by atoms with Gasteiger partial charge in [-0.2, -0.15) is 0 Å². The fraction of sp³-hybridized carbons (Fsp3) is 0.455. The van der Waals surface area contributed by atoms with E-state index in [-0.39, 0.29) is 40.7 Å². The molecule has 1 nitrogen and oxygen atoms in total. The van der Waals surface area contributed by atoms with Gasteiger partial charge in [-0.1, -0.05) is 50.1 Å². The van der Waals surface area contributed by atoms with Crippen molar-refractivity contribution >= 4 is 0 Å². The average Bonchev–Trinajstić information content (AvgIpc) is 1.83. The van der Waals surface area contributed by atoms with Crippen molar-refractivity contribution in [3.8, 4) is 5.75 Å². The summed E-state index contributed by atoms with van der Waals surface area (Å²) in [5.41, 5.74) is 1.89. The van der Waals surface area contributed by atoms with E-state index < -0.39 is 0 Å². The second kappa shape index (κ2) is 4.50. The van der Waals surface area contributed by atoms with Gasteiger partial charge in [0.25, 0.3) is 0 Å². The zero-order valence-corrected chi connectivity index (χ0v) is 11.1. The zero-order chi connectivity index (χ0) is 9.35. The third kappa shape index (κ3) is 3.34. The van der Waals surface area contributed by atoms with Crippen molar-refractivity contribution < 1.29 is 34.7 Å². The maximum Gasteiger partial charge on any atom is 1.00 e. The fourth-order valence-corrected chi connectivity index (χ4v) is 1.25. The van der Waals surface area contributed by atoms with Crippen LogP contribution in [0.5, 0.6) is 5.75 Å². The van der Waals surface area contributed by atoms with Crippen LogP contribution in [0.3, 0.4) is 0 Å². The van der Waals surface area contributed by atoms with Gasteiger partial charge in [0.2, 0.25) is 0 Å². The second-order valence-corrected chi connectivity index (χ2v) is 4.25. The molecule has 0 aliphatic rings. The number of aryl methyl sites for hydroxylation is 1. The molecule has 0 amide bonds. The maximum absolute atomic E-state index is 11.5. The summed E-state index contributed by atoms with van der Waals surface area (Å²) in [6, 6.07) is 5.61. The minimum atomic E-state index is -0.0369. The standard InChI is InChI=1S/C11H16O.Na/c1-8-5-6-9(10(12)7-8)11(2,3)4;/h5-7,12H,1-4H3;/q;+1/p-1. The number of hydrogen-bond donors (Lipinski definition) is 0. The summed E-state index contributed by atoms with van der Waals surface area (Å²) in [7, 11) is 0. The van der Waals surface area contributed by atoms with E-state index in [2.05, 4.69) is 20.8 Å². The van der Waals surface area contributed by atoms with Crippen LogP contribution in [0.1, 0.15) is 31.9 Å². The fourth-order valence-electron chi connectivity index (χ4n) is 1.25. The largest absolute Gasteiger partial charge is 1.00 e. The Balaban J connectivity index is 0.00000144.